The second-order valence-electron chi connectivity index (χ2n) is 4.95. The van der Waals surface area contributed by atoms with Gasteiger partial charge in [-0.25, -0.2) is 0 Å². The van der Waals surface area contributed by atoms with Crippen molar-refractivity contribution in [1.82, 2.24) is 4.72 Å². The Hall–Kier alpha value is -0.260. The van der Waals surface area contributed by atoms with E-state index in [-0.39, 0.29) is 0 Å². The lowest BCUT2D eigenvalue weighted by molar-refractivity contribution is -0.180. The monoisotopic (exact) mass is 441 g/mol. The maximum Gasteiger partial charge on any atom is 0.337 e. The summed E-state index contributed by atoms with van der Waals surface area (Å²) >= 11 is 2.20. The van der Waals surface area contributed by atoms with Crippen molar-refractivity contribution in [2.45, 2.75) is 44.8 Å². The normalized spacial score (nSPS) is 24.5. The minimum Gasteiger partial charge on any atom is -0.338 e. The third-order valence-electron chi connectivity index (χ3n) is 3.73. The summed E-state index contributed by atoms with van der Waals surface area (Å²) in [6.45, 7) is 3.90. The summed E-state index contributed by atoms with van der Waals surface area (Å²) in [5.41, 5.74) is 0.885. The lowest BCUT2D eigenvalue weighted by Gasteiger charge is -2.25. The molecule has 0 unspecified atom stereocenters. The highest BCUT2D eigenvalue weighted by Crippen LogP contribution is 2.42. The average molecular weight is 441 g/mol. The van der Waals surface area contributed by atoms with Gasteiger partial charge in [0.1, 0.15) is 6.10 Å². The molecule has 8 heteroatoms. The van der Waals surface area contributed by atoms with Crippen molar-refractivity contribution in [2.24, 2.45) is 0 Å². The SMILES string of the molecule is CCC1(CC)O[C@H](NS(=O)(=O)OC)[C@H](c2ccccc2I)O1. The van der Waals surface area contributed by atoms with Gasteiger partial charge in [0, 0.05) is 3.57 Å². The van der Waals surface area contributed by atoms with Gasteiger partial charge >= 0.3 is 10.3 Å². The van der Waals surface area contributed by atoms with Crippen LogP contribution in [0.1, 0.15) is 38.4 Å². The molecule has 1 aliphatic rings. The molecule has 124 valence electrons. The van der Waals surface area contributed by atoms with Crippen LogP contribution >= 0.6 is 22.6 Å². The van der Waals surface area contributed by atoms with Gasteiger partial charge in [0.25, 0.3) is 0 Å². The molecule has 1 N–H and O–H groups in total. The first-order valence-corrected chi connectivity index (χ1v) is 9.53. The fourth-order valence-corrected chi connectivity index (χ4v) is 3.65. The van der Waals surface area contributed by atoms with Crippen LogP contribution in [0.3, 0.4) is 0 Å². The molecule has 1 fully saturated rings. The number of ether oxygens (including phenoxy) is 2. The largest absolute Gasteiger partial charge is 0.338 e. The molecule has 0 radical (unpaired) electrons. The van der Waals surface area contributed by atoms with Crippen LogP contribution in [0.4, 0.5) is 0 Å². The van der Waals surface area contributed by atoms with Crippen LogP contribution in [0.25, 0.3) is 0 Å². The van der Waals surface area contributed by atoms with Crippen LogP contribution in [-0.2, 0) is 24.0 Å². The topological polar surface area (TPSA) is 73.9 Å². The molecule has 0 aliphatic carbocycles. The maximum absolute atomic E-state index is 11.7. The Labute approximate surface area is 144 Å². The predicted molar refractivity (Wildman–Crippen MR) is 90.2 cm³/mol. The molecular weight excluding hydrogens is 421 g/mol. The summed E-state index contributed by atoms with van der Waals surface area (Å²) < 4.78 is 43.3. The second kappa shape index (κ2) is 7.10. The van der Waals surface area contributed by atoms with Crippen LogP contribution in [0.5, 0.6) is 0 Å². The molecule has 0 saturated carbocycles. The number of halogens is 1. The van der Waals surface area contributed by atoms with Gasteiger partial charge in [0.15, 0.2) is 12.0 Å². The van der Waals surface area contributed by atoms with Crippen molar-refractivity contribution in [3.05, 3.63) is 33.4 Å². The Kier molecular flexibility index (Phi) is 5.84. The fraction of sp³-hybridized carbons (Fsp3) is 0.571. The van der Waals surface area contributed by atoms with E-state index < -0.39 is 28.4 Å². The maximum atomic E-state index is 11.7. The van der Waals surface area contributed by atoms with E-state index in [1.807, 2.05) is 38.1 Å². The molecule has 0 spiro atoms. The third-order valence-corrected chi connectivity index (χ3v) is 5.67. The van der Waals surface area contributed by atoms with Crippen molar-refractivity contribution in [3.63, 3.8) is 0 Å². The molecule has 2 rings (SSSR count). The highest BCUT2D eigenvalue weighted by Gasteiger charge is 2.48. The molecule has 0 bridgehead atoms. The van der Waals surface area contributed by atoms with Gasteiger partial charge < -0.3 is 9.47 Å². The van der Waals surface area contributed by atoms with Crippen LogP contribution < -0.4 is 4.72 Å². The van der Waals surface area contributed by atoms with E-state index >= 15 is 0 Å². The zero-order valence-corrected chi connectivity index (χ0v) is 15.7. The first-order valence-electron chi connectivity index (χ1n) is 7.04. The van der Waals surface area contributed by atoms with Gasteiger partial charge in [0.05, 0.1) is 7.11 Å². The summed E-state index contributed by atoms with van der Waals surface area (Å²) in [5, 5.41) is 0. The van der Waals surface area contributed by atoms with Crippen LogP contribution in [0, 0.1) is 3.57 Å². The van der Waals surface area contributed by atoms with E-state index in [1.54, 1.807) is 0 Å². The Balaban J connectivity index is 2.37. The molecule has 0 aromatic heterocycles. The lowest BCUT2D eigenvalue weighted by Crippen LogP contribution is -2.40. The van der Waals surface area contributed by atoms with E-state index in [0.29, 0.717) is 12.8 Å². The lowest BCUT2D eigenvalue weighted by atomic mass is 10.1. The van der Waals surface area contributed by atoms with Gasteiger partial charge in [-0.15, -0.1) is 0 Å². The van der Waals surface area contributed by atoms with Gasteiger partial charge in [0.2, 0.25) is 0 Å². The van der Waals surface area contributed by atoms with Crippen molar-refractivity contribution in [1.29, 1.82) is 0 Å². The quantitative estimate of drug-likeness (QED) is 0.688. The van der Waals surface area contributed by atoms with E-state index in [0.717, 1.165) is 16.2 Å². The summed E-state index contributed by atoms with van der Waals surface area (Å²) in [4.78, 5) is 0. The number of nitrogens with one attached hydrogen (secondary N) is 1. The summed E-state index contributed by atoms with van der Waals surface area (Å²) in [5.74, 6) is -0.801. The molecule has 0 amide bonds. The average Bonchev–Trinajstić information content (AvgIpc) is 2.86. The second-order valence-corrected chi connectivity index (χ2v) is 7.59. The number of benzene rings is 1. The van der Waals surface area contributed by atoms with Crippen molar-refractivity contribution in [2.75, 3.05) is 7.11 Å². The minimum atomic E-state index is -3.88. The Morgan fingerprint density at radius 3 is 2.45 bits per heavy atom. The van der Waals surface area contributed by atoms with Crippen LogP contribution in [0.15, 0.2) is 24.3 Å². The minimum absolute atomic E-state index is 0.530. The molecule has 1 aromatic rings. The van der Waals surface area contributed by atoms with Crippen molar-refractivity contribution < 1.29 is 22.1 Å². The Morgan fingerprint density at radius 2 is 1.91 bits per heavy atom. The van der Waals surface area contributed by atoms with E-state index in [2.05, 4.69) is 31.5 Å². The highest BCUT2D eigenvalue weighted by molar-refractivity contribution is 14.1. The van der Waals surface area contributed by atoms with Gasteiger partial charge in [-0.2, -0.15) is 13.1 Å². The molecular formula is C14H20INO5S. The number of rotatable bonds is 6. The molecule has 2 atom stereocenters. The van der Waals surface area contributed by atoms with Crippen molar-refractivity contribution in [3.8, 4) is 0 Å². The highest BCUT2D eigenvalue weighted by atomic mass is 127. The summed E-state index contributed by atoms with van der Waals surface area (Å²) in [6.07, 6.45) is -0.123. The fourth-order valence-electron chi connectivity index (χ4n) is 2.41. The Morgan fingerprint density at radius 1 is 1.27 bits per heavy atom. The number of hydrogen-bond donors (Lipinski definition) is 1. The molecule has 6 nitrogen and oxygen atoms in total. The van der Waals surface area contributed by atoms with E-state index in [1.165, 1.54) is 0 Å². The van der Waals surface area contributed by atoms with E-state index in [4.69, 9.17) is 9.47 Å². The zero-order valence-electron chi connectivity index (χ0n) is 12.7. The predicted octanol–water partition coefficient (Wildman–Crippen LogP) is 2.70. The van der Waals surface area contributed by atoms with Crippen LogP contribution in [-0.4, -0.2) is 27.5 Å². The summed E-state index contributed by atoms with van der Waals surface area (Å²) in [7, 11) is -2.78. The standard InChI is InChI=1S/C14H20INO5S/c1-4-14(5-2)20-12(10-8-6-7-9-11(10)15)13(21-14)16-22(17,18)19-3/h6-9,12-13,16H,4-5H2,1-3H3/t12-,13-/m0/s1. The smallest absolute Gasteiger partial charge is 0.337 e. The molecule has 1 heterocycles. The first-order chi connectivity index (χ1) is 10.4. The van der Waals surface area contributed by atoms with Crippen LogP contribution in [0.2, 0.25) is 0 Å². The van der Waals surface area contributed by atoms with Gasteiger partial charge in [-0.1, -0.05) is 32.0 Å². The Bertz CT molecular complexity index is 617. The van der Waals surface area contributed by atoms with Gasteiger partial charge in [-0.05, 0) is 47.1 Å². The zero-order chi connectivity index (χ0) is 16.4. The van der Waals surface area contributed by atoms with E-state index in [9.17, 15) is 8.42 Å². The third kappa shape index (κ3) is 3.80. The molecule has 1 aromatic carbocycles. The molecule has 22 heavy (non-hydrogen) atoms. The number of hydrogen-bond acceptors (Lipinski definition) is 5. The van der Waals surface area contributed by atoms with Crippen molar-refractivity contribution >= 4 is 32.9 Å². The summed E-state index contributed by atoms with van der Waals surface area (Å²) in [6, 6.07) is 7.66. The van der Waals surface area contributed by atoms with Gasteiger partial charge in [-0.3, -0.25) is 4.18 Å². The molecule has 1 aliphatic heterocycles. The molecule has 1 saturated heterocycles. The first kappa shape index (κ1) is 18.1.